The topological polar surface area (TPSA) is 62.6 Å². The molecule has 196 valence electrons. The van der Waals surface area contributed by atoms with Gasteiger partial charge < -0.3 is 9.72 Å². The number of carbonyl (C=O) groups is 1. The molecule has 0 saturated carbocycles. The molecule has 0 radical (unpaired) electrons. The van der Waals surface area contributed by atoms with Crippen LogP contribution in [0.5, 0.6) is 11.6 Å². The number of fused-ring (bicyclic) bond motifs is 1. The van der Waals surface area contributed by atoms with Crippen LogP contribution in [0.1, 0.15) is 24.5 Å². The van der Waals surface area contributed by atoms with Crippen LogP contribution in [0.2, 0.25) is 0 Å². The third kappa shape index (κ3) is 6.80. The molecule has 0 aliphatic carbocycles. The van der Waals surface area contributed by atoms with Gasteiger partial charge in [-0.15, -0.1) is 0 Å². The van der Waals surface area contributed by atoms with Gasteiger partial charge in [0, 0.05) is 35.3 Å². The standard InChI is InChI=1S/C23H20F4N4O2.3H2S/c1-13(22(32)31-12-16(24)8-20(31)28-2)7-14-10-29-19-5-4-17(9-18(14)19)33-21-6-3-15(11-30-21)23(25,26)27;;;/h3-6,9-11,13,16,20,29H,7-8,12H2,1H3;3*1H2/t13-,16-,20-;;;/m0.../s1. The molecule has 1 aliphatic heterocycles. The van der Waals surface area contributed by atoms with Gasteiger partial charge in [-0.1, -0.05) is 6.92 Å². The molecule has 1 fully saturated rings. The Morgan fingerprint density at radius 3 is 2.61 bits per heavy atom. The second-order valence-electron chi connectivity index (χ2n) is 8.04. The summed E-state index contributed by atoms with van der Waals surface area (Å²) in [6.45, 7) is 8.87. The van der Waals surface area contributed by atoms with Crippen molar-refractivity contribution >= 4 is 57.3 Å². The Hall–Kier alpha value is -2.56. The summed E-state index contributed by atoms with van der Waals surface area (Å²) in [5.74, 6) is -0.350. The number of nitrogens with one attached hydrogen (secondary N) is 1. The van der Waals surface area contributed by atoms with Crippen molar-refractivity contribution in [1.82, 2.24) is 14.9 Å². The third-order valence-corrected chi connectivity index (χ3v) is 5.63. The number of amides is 1. The minimum atomic E-state index is -4.48. The van der Waals surface area contributed by atoms with Crippen LogP contribution in [-0.4, -0.2) is 39.7 Å². The van der Waals surface area contributed by atoms with Gasteiger partial charge in [0.1, 0.15) is 11.9 Å². The number of ether oxygens (including phenoxy) is 1. The predicted octanol–water partition coefficient (Wildman–Crippen LogP) is 5.71. The van der Waals surface area contributed by atoms with Crippen molar-refractivity contribution in [3.63, 3.8) is 0 Å². The summed E-state index contributed by atoms with van der Waals surface area (Å²) >= 11 is 0. The molecule has 6 nitrogen and oxygen atoms in total. The number of benzene rings is 1. The van der Waals surface area contributed by atoms with Gasteiger partial charge in [-0.3, -0.25) is 14.5 Å². The van der Waals surface area contributed by atoms with E-state index in [1.54, 1.807) is 31.3 Å². The Morgan fingerprint density at radius 2 is 2.00 bits per heavy atom. The van der Waals surface area contributed by atoms with E-state index in [-0.39, 0.29) is 65.2 Å². The largest absolute Gasteiger partial charge is 0.439 e. The zero-order chi connectivity index (χ0) is 23.8. The molecule has 36 heavy (non-hydrogen) atoms. The highest BCUT2D eigenvalue weighted by molar-refractivity contribution is 7.59. The lowest BCUT2D eigenvalue weighted by Crippen LogP contribution is -2.38. The summed E-state index contributed by atoms with van der Waals surface area (Å²) in [6, 6.07) is 7.17. The first-order valence-corrected chi connectivity index (χ1v) is 10.3. The molecule has 3 atom stereocenters. The van der Waals surface area contributed by atoms with Crippen molar-refractivity contribution in [3.8, 4) is 11.6 Å². The molecule has 1 N–H and O–H groups in total. The Bertz CT molecular complexity index is 1210. The molecule has 4 rings (SSSR count). The summed E-state index contributed by atoms with van der Waals surface area (Å²) in [5, 5.41) is 0.783. The number of halogens is 4. The number of alkyl halides is 4. The summed E-state index contributed by atoms with van der Waals surface area (Å²) in [5.41, 5.74) is 0.753. The van der Waals surface area contributed by atoms with Gasteiger partial charge in [-0.25, -0.2) is 15.9 Å². The molecule has 1 amide bonds. The first-order chi connectivity index (χ1) is 15.7. The maximum Gasteiger partial charge on any atom is 0.417 e. The number of carbonyl (C=O) groups excluding carboxylic acids is 1. The van der Waals surface area contributed by atoms with E-state index >= 15 is 0 Å². The maximum atomic E-state index is 13.7. The lowest BCUT2D eigenvalue weighted by molar-refractivity contribution is -0.138. The number of pyridine rings is 1. The van der Waals surface area contributed by atoms with E-state index in [0.717, 1.165) is 28.6 Å². The van der Waals surface area contributed by atoms with Crippen LogP contribution >= 0.6 is 40.5 Å². The number of aromatic amines is 1. The van der Waals surface area contributed by atoms with E-state index in [4.69, 9.17) is 11.3 Å². The quantitative estimate of drug-likeness (QED) is 0.320. The van der Waals surface area contributed by atoms with E-state index < -0.39 is 30.0 Å². The normalized spacial score (nSPS) is 17.8. The summed E-state index contributed by atoms with van der Waals surface area (Å²) in [7, 11) is 0. The van der Waals surface area contributed by atoms with Gasteiger partial charge in [-0.2, -0.15) is 53.7 Å². The van der Waals surface area contributed by atoms with Crippen LogP contribution in [0.15, 0.2) is 42.7 Å². The van der Waals surface area contributed by atoms with Gasteiger partial charge in [0.05, 0.1) is 18.5 Å². The zero-order valence-electron chi connectivity index (χ0n) is 19.1. The highest BCUT2D eigenvalue weighted by Crippen LogP contribution is 2.32. The number of likely N-dealkylation sites (tertiary alicyclic amines) is 1. The van der Waals surface area contributed by atoms with Gasteiger partial charge in [0.2, 0.25) is 11.8 Å². The summed E-state index contributed by atoms with van der Waals surface area (Å²) < 4.78 is 57.4. The summed E-state index contributed by atoms with van der Waals surface area (Å²) in [6.07, 6.45) is -3.57. The van der Waals surface area contributed by atoms with Crippen molar-refractivity contribution < 1.29 is 27.1 Å². The Labute approximate surface area is 226 Å². The molecule has 2 aromatic heterocycles. The zero-order valence-corrected chi connectivity index (χ0v) is 22.1. The monoisotopic (exact) mass is 562 g/mol. The van der Waals surface area contributed by atoms with E-state index in [0.29, 0.717) is 18.4 Å². The number of hydrogen-bond donors (Lipinski definition) is 1. The van der Waals surface area contributed by atoms with E-state index in [1.807, 2.05) is 0 Å². The van der Waals surface area contributed by atoms with E-state index in [1.165, 1.54) is 4.90 Å². The first-order valence-electron chi connectivity index (χ1n) is 10.3. The van der Waals surface area contributed by atoms with Crippen LogP contribution in [0, 0.1) is 12.5 Å². The molecule has 1 saturated heterocycles. The molecular weight excluding hydrogens is 536 g/mol. The van der Waals surface area contributed by atoms with Crippen molar-refractivity contribution in [2.75, 3.05) is 6.54 Å². The predicted molar refractivity (Wildman–Crippen MR) is 143 cm³/mol. The summed E-state index contributed by atoms with van der Waals surface area (Å²) in [4.78, 5) is 24.3. The van der Waals surface area contributed by atoms with Gasteiger partial charge in [-0.05, 0) is 36.2 Å². The SMILES string of the molecule is S.S.S.[C-]#[N+][C@@H]1C[C@H](F)CN1C(=O)[C@@H](C)Cc1c[nH]c2ccc(Oc3ccc(C(F)(F)F)cn3)cc12. The van der Waals surface area contributed by atoms with Gasteiger partial charge >= 0.3 is 12.3 Å². The molecule has 13 heteroatoms. The van der Waals surface area contributed by atoms with E-state index in [9.17, 15) is 22.4 Å². The first kappa shape index (κ1) is 31.5. The van der Waals surface area contributed by atoms with Crippen molar-refractivity contribution in [3.05, 3.63) is 65.3 Å². The molecule has 0 unspecified atom stereocenters. The highest BCUT2D eigenvalue weighted by Gasteiger charge is 2.41. The Balaban J connectivity index is 0.00000216. The highest BCUT2D eigenvalue weighted by atomic mass is 32.1. The van der Waals surface area contributed by atoms with Crippen LogP contribution in [0.25, 0.3) is 15.7 Å². The third-order valence-electron chi connectivity index (χ3n) is 5.63. The lowest BCUT2D eigenvalue weighted by Gasteiger charge is -2.20. The number of hydrogen-bond acceptors (Lipinski definition) is 3. The lowest BCUT2D eigenvalue weighted by atomic mass is 9.99. The molecule has 1 aromatic carbocycles. The number of aromatic nitrogens is 2. The van der Waals surface area contributed by atoms with E-state index in [2.05, 4.69) is 14.8 Å². The molecular formula is C23H26F4N4O2S3. The second kappa shape index (κ2) is 12.6. The van der Waals surface area contributed by atoms with Crippen LogP contribution < -0.4 is 4.74 Å². The molecule has 1 aliphatic rings. The minimum absolute atomic E-state index is 0. The smallest absolute Gasteiger partial charge is 0.417 e. The van der Waals surface area contributed by atoms with Crippen LogP contribution in [0.3, 0.4) is 0 Å². The Morgan fingerprint density at radius 1 is 1.28 bits per heavy atom. The van der Waals surface area contributed by atoms with Crippen LogP contribution in [0.4, 0.5) is 17.6 Å². The van der Waals surface area contributed by atoms with Crippen LogP contribution in [-0.2, 0) is 17.4 Å². The van der Waals surface area contributed by atoms with Crippen molar-refractivity contribution in [2.24, 2.45) is 5.92 Å². The average Bonchev–Trinajstić information content (AvgIpc) is 3.35. The number of H-pyrrole nitrogens is 1. The fourth-order valence-corrected chi connectivity index (χ4v) is 3.94. The molecule has 0 bridgehead atoms. The number of rotatable bonds is 5. The fourth-order valence-electron chi connectivity index (χ4n) is 3.94. The second-order valence-corrected chi connectivity index (χ2v) is 8.04. The Kier molecular flexibility index (Phi) is 11.0. The van der Waals surface area contributed by atoms with Gasteiger partial charge in [0.15, 0.2) is 0 Å². The molecule has 3 heterocycles. The van der Waals surface area contributed by atoms with Crippen molar-refractivity contribution in [1.29, 1.82) is 0 Å². The minimum Gasteiger partial charge on any atom is -0.439 e. The van der Waals surface area contributed by atoms with Crippen molar-refractivity contribution in [2.45, 2.75) is 38.3 Å². The molecule has 0 spiro atoms. The number of nitrogens with zero attached hydrogens (tertiary/aromatic N) is 3. The van der Waals surface area contributed by atoms with Gasteiger partial charge in [0.25, 0.3) is 0 Å². The average molecular weight is 563 g/mol. The fraction of sp³-hybridized carbons (Fsp3) is 0.348. The maximum absolute atomic E-state index is 13.7. The molecule has 3 aromatic rings.